The zero-order valence-corrected chi connectivity index (χ0v) is 14.6. The van der Waals surface area contributed by atoms with Gasteiger partial charge in [0.1, 0.15) is 5.82 Å². The number of carbonyl (C=O) groups excluding carboxylic acids is 1. The van der Waals surface area contributed by atoms with Crippen LogP contribution in [-0.2, 0) is 0 Å². The minimum absolute atomic E-state index is 0.314. The Morgan fingerprint density at radius 2 is 2.20 bits per heavy atom. The molecule has 4 aromatic rings. The number of nitrogens with one attached hydrogen (secondary N) is 1. The van der Waals surface area contributed by atoms with E-state index in [1.165, 1.54) is 17.5 Å². The predicted molar refractivity (Wildman–Crippen MR) is 97.1 cm³/mol. The molecule has 4 rings (SSSR count). The van der Waals surface area contributed by atoms with Gasteiger partial charge in [0.05, 0.1) is 32.2 Å². The highest BCUT2D eigenvalue weighted by molar-refractivity contribution is 7.13. The van der Waals surface area contributed by atoms with Crippen LogP contribution in [0.3, 0.4) is 0 Å². The van der Waals surface area contributed by atoms with Crippen LogP contribution in [0.25, 0.3) is 21.7 Å². The van der Waals surface area contributed by atoms with Gasteiger partial charge in [0.25, 0.3) is 11.6 Å². The second-order valence-corrected chi connectivity index (χ2v) is 6.68. The van der Waals surface area contributed by atoms with Gasteiger partial charge in [-0.3, -0.25) is 4.79 Å². The molecule has 0 bridgehead atoms. The van der Waals surface area contributed by atoms with E-state index in [4.69, 9.17) is 16.1 Å². The maximum Gasteiger partial charge on any atom is 0.259 e. The Morgan fingerprint density at radius 1 is 1.32 bits per heavy atom. The van der Waals surface area contributed by atoms with Gasteiger partial charge in [-0.05, 0) is 36.6 Å². The van der Waals surface area contributed by atoms with Crippen molar-refractivity contribution in [2.24, 2.45) is 0 Å². The average Bonchev–Trinajstić information content (AvgIpc) is 3.26. The number of thiophene rings is 1. The number of hydrogen-bond donors (Lipinski definition) is 1. The van der Waals surface area contributed by atoms with Gasteiger partial charge < -0.3 is 9.84 Å². The number of nitrogens with zero attached hydrogens (tertiary/aromatic N) is 3. The number of amides is 1. The normalized spacial score (nSPS) is 11.0. The third kappa shape index (κ3) is 2.99. The maximum atomic E-state index is 12.8. The summed E-state index contributed by atoms with van der Waals surface area (Å²) in [6.45, 7) is 1.77. The molecule has 1 amide bonds. The van der Waals surface area contributed by atoms with Crippen LogP contribution in [0.5, 0.6) is 0 Å². The Kier molecular flexibility index (Phi) is 3.95. The van der Waals surface area contributed by atoms with Gasteiger partial charge in [-0.1, -0.05) is 22.8 Å². The van der Waals surface area contributed by atoms with Crippen LogP contribution in [0.4, 0.5) is 5.82 Å². The topological polar surface area (TPSA) is 80.9 Å². The lowest BCUT2D eigenvalue weighted by Gasteiger charge is -2.07. The van der Waals surface area contributed by atoms with Crippen molar-refractivity contribution in [3.8, 4) is 10.6 Å². The molecule has 0 aliphatic carbocycles. The standard InChI is InChI=1S/C17H11ClN4O2S/c1-9-15-11(16(23)21-14-5-4-10(18)8-19-14)7-12(13-3-2-6-25-13)20-17(15)24-22-9/h2-8H,1H3,(H,19,21,23). The Labute approximate surface area is 151 Å². The number of rotatable bonds is 3. The van der Waals surface area contributed by atoms with E-state index in [1.54, 1.807) is 25.1 Å². The van der Waals surface area contributed by atoms with E-state index in [1.807, 2.05) is 17.5 Å². The molecule has 6 nitrogen and oxygen atoms in total. The number of aryl methyl sites for hydroxylation is 1. The number of pyridine rings is 2. The fraction of sp³-hybridized carbons (Fsp3) is 0.0588. The summed E-state index contributed by atoms with van der Waals surface area (Å²) in [7, 11) is 0. The molecule has 4 heterocycles. The molecule has 0 spiro atoms. The van der Waals surface area contributed by atoms with Crippen molar-refractivity contribution in [1.82, 2.24) is 15.1 Å². The summed E-state index contributed by atoms with van der Waals surface area (Å²) in [4.78, 5) is 22.3. The zero-order chi connectivity index (χ0) is 17.4. The van der Waals surface area contributed by atoms with Crippen molar-refractivity contribution in [1.29, 1.82) is 0 Å². The van der Waals surface area contributed by atoms with Crippen LogP contribution in [0.15, 0.2) is 46.4 Å². The Morgan fingerprint density at radius 3 is 2.92 bits per heavy atom. The fourth-order valence-electron chi connectivity index (χ4n) is 2.46. The molecule has 25 heavy (non-hydrogen) atoms. The van der Waals surface area contributed by atoms with E-state index >= 15 is 0 Å². The first-order chi connectivity index (χ1) is 12.1. The van der Waals surface area contributed by atoms with Gasteiger partial charge in [0, 0.05) is 6.20 Å². The van der Waals surface area contributed by atoms with Crippen molar-refractivity contribution in [2.45, 2.75) is 6.92 Å². The number of halogens is 1. The molecule has 0 fully saturated rings. The van der Waals surface area contributed by atoms with Crippen LogP contribution in [-0.4, -0.2) is 21.0 Å². The summed E-state index contributed by atoms with van der Waals surface area (Å²) in [5.41, 5.74) is 2.03. The molecular formula is C17H11ClN4O2S. The van der Waals surface area contributed by atoms with Gasteiger partial charge >= 0.3 is 0 Å². The Bertz CT molecular complexity index is 1060. The van der Waals surface area contributed by atoms with E-state index in [0.717, 1.165) is 4.88 Å². The van der Waals surface area contributed by atoms with Gasteiger partial charge in [-0.25, -0.2) is 9.97 Å². The van der Waals surface area contributed by atoms with E-state index in [-0.39, 0.29) is 5.91 Å². The number of fused-ring (bicyclic) bond motifs is 1. The van der Waals surface area contributed by atoms with Crippen LogP contribution >= 0.6 is 22.9 Å². The highest BCUT2D eigenvalue weighted by atomic mass is 35.5. The zero-order valence-electron chi connectivity index (χ0n) is 13.0. The van der Waals surface area contributed by atoms with E-state index in [2.05, 4.69) is 20.4 Å². The average molecular weight is 371 g/mol. The Balaban J connectivity index is 1.80. The molecule has 0 aromatic carbocycles. The minimum atomic E-state index is -0.314. The van der Waals surface area contributed by atoms with Crippen LogP contribution in [0.1, 0.15) is 16.1 Å². The summed E-state index contributed by atoms with van der Waals surface area (Å²) >= 11 is 7.36. The quantitative estimate of drug-likeness (QED) is 0.571. The van der Waals surface area contributed by atoms with Crippen LogP contribution in [0, 0.1) is 6.92 Å². The lowest BCUT2D eigenvalue weighted by molar-refractivity contribution is 0.102. The predicted octanol–water partition coefficient (Wildman–Crippen LogP) is 4.56. The highest BCUT2D eigenvalue weighted by Crippen LogP contribution is 2.29. The molecule has 8 heteroatoms. The summed E-state index contributed by atoms with van der Waals surface area (Å²) in [6, 6.07) is 8.90. The van der Waals surface area contributed by atoms with Crippen molar-refractivity contribution < 1.29 is 9.32 Å². The van der Waals surface area contributed by atoms with Gasteiger partial charge in [-0.15, -0.1) is 11.3 Å². The van der Waals surface area contributed by atoms with Crippen LogP contribution in [0.2, 0.25) is 5.02 Å². The first kappa shape index (κ1) is 15.7. The molecule has 0 aliphatic heterocycles. The van der Waals surface area contributed by atoms with Crippen molar-refractivity contribution in [3.63, 3.8) is 0 Å². The summed E-state index contributed by atoms with van der Waals surface area (Å²) in [6.07, 6.45) is 1.47. The molecule has 0 aliphatic rings. The van der Waals surface area contributed by atoms with E-state index in [9.17, 15) is 4.79 Å². The molecule has 0 saturated carbocycles. The molecule has 1 N–H and O–H groups in total. The molecule has 4 aromatic heterocycles. The highest BCUT2D eigenvalue weighted by Gasteiger charge is 2.20. The third-order valence-electron chi connectivity index (χ3n) is 3.60. The molecule has 0 radical (unpaired) electrons. The largest absolute Gasteiger partial charge is 0.335 e. The van der Waals surface area contributed by atoms with Crippen LogP contribution < -0.4 is 5.32 Å². The van der Waals surface area contributed by atoms with E-state index < -0.39 is 0 Å². The first-order valence-corrected chi connectivity index (χ1v) is 8.61. The minimum Gasteiger partial charge on any atom is -0.335 e. The summed E-state index contributed by atoms with van der Waals surface area (Å²) in [5, 5.41) is 9.73. The van der Waals surface area contributed by atoms with Crippen molar-refractivity contribution in [3.05, 3.63) is 58.2 Å². The van der Waals surface area contributed by atoms with Gasteiger partial charge in [0.2, 0.25) is 0 Å². The molecule has 0 atom stereocenters. The SMILES string of the molecule is Cc1noc2nc(-c3cccs3)cc(C(=O)Nc3ccc(Cl)cn3)c12. The smallest absolute Gasteiger partial charge is 0.259 e. The third-order valence-corrected chi connectivity index (χ3v) is 4.72. The fourth-order valence-corrected chi connectivity index (χ4v) is 3.26. The first-order valence-electron chi connectivity index (χ1n) is 7.35. The number of hydrogen-bond acceptors (Lipinski definition) is 6. The number of carbonyl (C=O) groups is 1. The monoisotopic (exact) mass is 370 g/mol. The maximum absolute atomic E-state index is 12.8. The van der Waals surface area contributed by atoms with Gasteiger partial charge in [-0.2, -0.15) is 0 Å². The molecule has 0 unspecified atom stereocenters. The molecule has 124 valence electrons. The molecular weight excluding hydrogens is 360 g/mol. The summed E-state index contributed by atoms with van der Waals surface area (Å²) < 4.78 is 5.27. The number of aromatic nitrogens is 3. The summed E-state index contributed by atoms with van der Waals surface area (Å²) in [5.74, 6) is 0.0949. The van der Waals surface area contributed by atoms with Crippen molar-refractivity contribution >= 4 is 45.8 Å². The lowest BCUT2D eigenvalue weighted by atomic mass is 10.1. The number of anilines is 1. The van der Waals surface area contributed by atoms with Crippen molar-refractivity contribution in [2.75, 3.05) is 5.32 Å². The Hall–Kier alpha value is -2.77. The second-order valence-electron chi connectivity index (χ2n) is 5.30. The molecule has 0 saturated heterocycles. The lowest BCUT2D eigenvalue weighted by Crippen LogP contribution is -2.14. The second kappa shape index (κ2) is 6.27. The van der Waals surface area contributed by atoms with Gasteiger partial charge in [0.15, 0.2) is 0 Å². The van der Waals surface area contributed by atoms with E-state index in [0.29, 0.717) is 38.9 Å².